The Labute approximate surface area is 204 Å². The standard InChI is InChI=1S/C29H39NO4/c1-19(2)25-16-11-21(5)17-27(25)34-28(31)18-26(22-9-7-6-8-10-22)30-24-14-12-23(13-15-24)29(32)33-20(3)4/h6-10,12-15,19-21,25-27,30H,11,16-18H2,1-5H3/t21-,25+,26-,27-/m1/s1. The van der Waals surface area contributed by atoms with Crippen LogP contribution in [-0.2, 0) is 14.3 Å². The lowest BCUT2D eigenvalue weighted by Crippen LogP contribution is -2.36. The molecule has 1 aliphatic carbocycles. The van der Waals surface area contributed by atoms with Gasteiger partial charge in [-0.15, -0.1) is 0 Å². The largest absolute Gasteiger partial charge is 0.462 e. The highest BCUT2D eigenvalue weighted by atomic mass is 16.5. The van der Waals surface area contributed by atoms with Crippen LogP contribution in [0.4, 0.5) is 5.69 Å². The van der Waals surface area contributed by atoms with Crippen molar-refractivity contribution in [1.29, 1.82) is 0 Å². The number of anilines is 1. The second-order valence-corrected chi connectivity index (χ2v) is 10.2. The predicted octanol–water partition coefficient (Wildman–Crippen LogP) is 6.80. The molecule has 2 aromatic rings. The second kappa shape index (κ2) is 12.0. The molecule has 0 amide bonds. The summed E-state index contributed by atoms with van der Waals surface area (Å²) in [5, 5.41) is 3.46. The molecule has 5 heteroatoms. The van der Waals surface area contributed by atoms with Crippen LogP contribution in [0.25, 0.3) is 0 Å². The van der Waals surface area contributed by atoms with Crippen LogP contribution in [0.1, 0.15) is 82.3 Å². The lowest BCUT2D eigenvalue weighted by molar-refractivity contribution is -0.156. The highest BCUT2D eigenvalue weighted by Gasteiger charge is 2.33. The fraction of sp³-hybridized carbons (Fsp3) is 0.517. The van der Waals surface area contributed by atoms with Gasteiger partial charge in [-0.3, -0.25) is 4.79 Å². The second-order valence-electron chi connectivity index (χ2n) is 10.2. The third-order valence-corrected chi connectivity index (χ3v) is 6.62. The molecule has 0 heterocycles. The molecule has 0 radical (unpaired) electrons. The zero-order chi connectivity index (χ0) is 24.7. The van der Waals surface area contributed by atoms with E-state index in [0.717, 1.165) is 24.1 Å². The first-order valence-corrected chi connectivity index (χ1v) is 12.5. The van der Waals surface area contributed by atoms with Gasteiger partial charge in [0, 0.05) is 5.69 Å². The molecule has 4 atom stereocenters. The van der Waals surface area contributed by atoms with Crippen LogP contribution in [0.2, 0.25) is 0 Å². The molecule has 3 rings (SSSR count). The van der Waals surface area contributed by atoms with Crippen LogP contribution in [0.5, 0.6) is 0 Å². The maximum absolute atomic E-state index is 13.1. The Bertz CT molecular complexity index is 923. The van der Waals surface area contributed by atoms with Crippen LogP contribution in [-0.4, -0.2) is 24.1 Å². The van der Waals surface area contributed by atoms with Crippen molar-refractivity contribution in [2.45, 2.75) is 78.6 Å². The molecule has 1 saturated carbocycles. The van der Waals surface area contributed by atoms with Gasteiger partial charge in [0.25, 0.3) is 0 Å². The summed E-state index contributed by atoms with van der Waals surface area (Å²) in [6.45, 7) is 10.3. The lowest BCUT2D eigenvalue weighted by atomic mass is 9.75. The Balaban J connectivity index is 1.70. The number of carbonyl (C=O) groups is 2. The van der Waals surface area contributed by atoms with Crippen molar-refractivity contribution in [3.8, 4) is 0 Å². The molecular weight excluding hydrogens is 426 g/mol. The Kier molecular flexibility index (Phi) is 9.14. The summed E-state index contributed by atoms with van der Waals surface area (Å²) in [4.78, 5) is 25.2. The number of carbonyl (C=O) groups excluding carboxylic acids is 2. The van der Waals surface area contributed by atoms with E-state index in [-0.39, 0.29) is 36.6 Å². The number of rotatable bonds is 9. The van der Waals surface area contributed by atoms with E-state index in [4.69, 9.17) is 9.47 Å². The maximum Gasteiger partial charge on any atom is 0.338 e. The molecule has 0 aliphatic heterocycles. The molecular formula is C29H39NO4. The van der Waals surface area contributed by atoms with Crippen LogP contribution >= 0.6 is 0 Å². The minimum absolute atomic E-state index is 0.0149. The fourth-order valence-electron chi connectivity index (χ4n) is 4.76. The Morgan fingerprint density at radius 3 is 2.26 bits per heavy atom. The fourth-order valence-corrected chi connectivity index (χ4v) is 4.76. The van der Waals surface area contributed by atoms with Crippen LogP contribution in [0.3, 0.4) is 0 Å². The van der Waals surface area contributed by atoms with Gasteiger partial charge in [0.1, 0.15) is 6.10 Å². The van der Waals surface area contributed by atoms with E-state index in [0.29, 0.717) is 23.3 Å². The minimum atomic E-state index is -0.342. The minimum Gasteiger partial charge on any atom is -0.462 e. The molecule has 1 fully saturated rings. The van der Waals surface area contributed by atoms with Gasteiger partial charge in [0.15, 0.2) is 0 Å². The number of esters is 2. The topological polar surface area (TPSA) is 64.6 Å². The van der Waals surface area contributed by atoms with Crippen LogP contribution in [0.15, 0.2) is 54.6 Å². The molecule has 1 N–H and O–H groups in total. The highest BCUT2D eigenvalue weighted by molar-refractivity contribution is 5.89. The van der Waals surface area contributed by atoms with Gasteiger partial charge >= 0.3 is 11.9 Å². The van der Waals surface area contributed by atoms with Gasteiger partial charge in [-0.05, 0) is 74.3 Å². The first kappa shape index (κ1) is 25.8. The summed E-state index contributed by atoms with van der Waals surface area (Å²) in [6.07, 6.45) is 3.30. The van der Waals surface area contributed by atoms with E-state index in [1.165, 1.54) is 6.42 Å². The zero-order valence-corrected chi connectivity index (χ0v) is 21.1. The predicted molar refractivity (Wildman–Crippen MR) is 136 cm³/mol. The molecule has 0 aromatic heterocycles. The third kappa shape index (κ3) is 7.34. The van der Waals surface area contributed by atoms with Gasteiger partial charge in [0.2, 0.25) is 0 Å². The first-order valence-electron chi connectivity index (χ1n) is 12.5. The number of hydrogen-bond acceptors (Lipinski definition) is 5. The molecule has 0 bridgehead atoms. The molecule has 5 nitrogen and oxygen atoms in total. The number of benzene rings is 2. The van der Waals surface area contributed by atoms with Crippen molar-refractivity contribution in [2.75, 3.05) is 5.32 Å². The van der Waals surface area contributed by atoms with E-state index in [1.807, 2.05) is 56.3 Å². The molecule has 2 aromatic carbocycles. The van der Waals surface area contributed by atoms with Crippen LogP contribution in [0, 0.1) is 17.8 Å². The summed E-state index contributed by atoms with van der Waals surface area (Å²) in [5.74, 6) is 0.974. The van der Waals surface area contributed by atoms with Crippen molar-refractivity contribution in [2.24, 2.45) is 17.8 Å². The number of nitrogens with one attached hydrogen (secondary N) is 1. The van der Waals surface area contributed by atoms with E-state index in [2.05, 4.69) is 26.1 Å². The average molecular weight is 466 g/mol. The smallest absolute Gasteiger partial charge is 0.338 e. The normalized spacial score (nSPS) is 21.2. The Morgan fingerprint density at radius 1 is 0.971 bits per heavy atom. The summed E-state index contributed by atoms with van der Waals surface area (Å²) in [7, 11) is 0. The van der Waals surface area contributed by atoms with Gasteiger partial charge in [-0.2, -0.15) is 0 Å². The molecule has 184 valence electrons. The number of hydrogen-bond donors (Lipinski definition) is 1. The zero-order valence-electron chi connectivity index (χ0n) is 21.1. The van der Waals surface area contributed by atoms with Crippen molar-refractivity contribution < 1.29 is 19.1 Å². The van der Waals surface area contributed by atoms with Crippen molar-refractivity contribution in [3.63, 3.8) is 0 Å². The molecule has 1 aliphatic rings. The van der Waals surface area contributed by atoms with E-state index < -0.39 is 0 Å². The summed E-state index contributed by atoms with van der Waals surface area (Å²) in [6, 6.07) is 16.9. The molecule has 0 saturated heterocycles. The average Bonchev–Trinajstić information content (AvgIpc) is 2.79. The third-order valence-electron chi connectivity index (χ3n) is 6.62. The molecule has 0 spiro atoms. The Morgan fingerprint density at radius 2 is 1.65 bits per heavy atom. The van der Waals surface area contributed by atoms with Gasteiger partial charge in [0.05, 0.1) is 24.1 Å². The quantitative estimate of drug-likeness (QED) is 0.413. The summed E-state index contributed by atoms with van der Waals surface area (Å²) in [5.41, 5.74) is 2.34. The lowest BCUT2D eigenvalue weighted by Gasteiger charge is -2.37. The van der Waals surface area contributed by atoms with Gasteiger partial charge in [-0.25, -0.2) is 4.79 Å². The summed E-state index contributed by atoms with van der Waals surface area (Å²) >= 11 is 0. The van der Waals surface area contributed by atoms with Crippen molar-refractivity contribution in [3.05, 3.63) is 65.7 Å². The van der Waals surface area contributed by atoms with Gasteiger partial charge in [-0.1, -0.05) is 57.5 Å². The van der Waals surface area contributed by atoms with E-state index in [1.54, 1.807) is 12.1 Å². The molecule has 34 heavy (non-hydrogen) atoms. The summed E-state index contributed by atoms with van der Waals surface area (Å²) < 4.78 is 11.3. The van der Waals surface area contributed by atoms with Gasteiger partial charge < -0.3 is 14.8 Å². The first-order chi connectivity index (χ1) is 16.2. The molecule has 0 unspecified atom stereocenters. The van der Waals surface area contributed by atoms with E-state index in [9.17, 15) is 9.59 Å². The maximum atomic E-state index is 13.1. The van der Waals surface area contributed by atoms with Crippen LogP contribution < -0.4 is 5.32 Å². The number of ether oxygens (including phenoxy) is 2. The highest BCUT2D eigenvalue weighted by Crippen LogP contribution is 2.36. The Hall–Kier alpha value is -2.82. The monoisotopic (exact) mass is 465 g/mol. The van der Waals surface area contributed by atoms with E-state index >= 15 is 0 Å². The SMILES string of the molecule is CC(C)OC(=O)c1ccc(N[C@H](CC(=O)O[C@@H]2C[C@H](C)CC[C@H]2C(C)C)c2ccccc2)cc1. The van der Waals surface area contributed by atoms with Crippen molar-refractivity contribution >= 4 is 17.6 Å². The van der Waals surface area contributed by atoms with Crippen molar-refractivity contribution in [1.82, 2.24) is 0 Å².